The Hall–Kier alpha value is -3.88. The van der Waals surface area contributed by atoms with Crippen molar-refractivity contribution in [2.24, 2.45) is 11.7 Å². The van der Waals surface area contributed by atoms with Gasteiger partial charge >= 0.3 is 5.91 Å². The van der Waals surface area contributed by atoms with Gasteiger partial charge in [0.1, 0.15) is 23.7 Å². The van der Waals surface area contributed by atoms with E-state index < -0.39 is 33.8 Å². The molecule has 1 aromatic heterocycles. The number of carbonyl (C=O) groups excluding carboxylic acids is 1. The maximum atomic E-state index is 17.5. The Morgan fingerprint density at radius 2 is 1.80 bits per heavy atom. The highest BCUT2D eigenvalue weighted by atomic mass is 19.2. The van der Waals surface area contributed by atoms with Crippen molar-refractivity contribution in [2.75, 3.05) is 20.2 Å². The van der Waals surface area contributed by atoms with Crippen molar-refractivity contribution < 1.29 is 27.5 Å². The smallest absolute Gasteiger partial charge is 0.384 e. The molecule has 3 aromatic carbocycles. The summed E-state index contributed by atoms with van der Waals surface area (Å²) >= 11 is 0. The van der Waals surface area contributed by atoms with Crippen LogP contribution in [-0.4, -0.2) is 30.8 Å². The van der Waals surface area contributed by atoms with Crippen molar-refractivity contribution in [2.45, 2.75) is 39.7 Å². The van der Waals surface area contributed by atoms with E-state index in [1.54, 1.807) is 63.4 Å². The van der Waals surface area contributed by atoms with Gasteiger partial charge < -0.3 is 14.9 Å². The van der Waals surface area contributed by atoms with Crippen molar-refractivity contribution >= 4 is 16.9 Å². The average Bonchev–Trinajstić information content (AvgIpc) is 2.93. The van der Waals surface area contributed by atoms with Crippen LogP contribution in [0.5, 0.6) is 5.75 Å². The molecule has 0 spiro atoms. The zero-order valence-electron chi connectivity index (χ0n) is 23.2. The number of hydrogen-bond donors (Lipinski definition) is 1. The van der Waals surface area contributed by atoms with Gasteiger partial charge in [0, 0.05) is 34.9 Å². The number of fused-ring (bicyclic) bond motifs is 1. The molecule has 0 fully saturated rings. The molecule has 1 heterocycles. The Kier molecular flexibility index (Phi) is 8.81. The van der Waals surface area contributed by atoms with Crippen LogP contribution in [0, 0.1) is 18.7 Å². The maximum Gasteiger partial charge on any atom is 0.384 e. The number of amides is 1. The van der Waals surface area contributed by atoms with Crippen LogP contribution in [0.4, 0.5) is 8.87 Å². The number of aryl methyl sites for hydroxylation is 1. The van der Waals surface area contributed by atoms with E-state index >= 15 is 4.48 Å². The second-order valence-electron chi connectivity index (χ2n) is 10.4. The van der Waals surface area contributed by atoms with Gasteiger partial charge in [-0.1, -0.05) is 48.4 Å². The molecule has 2 unspecified atom stereocenters. The van der Waals surface area contributed by atoms with E-state index in [2.05, 4.69) is 0 Å². The molecule has 1 amide bonds. The molecule has 0 aliphatic rings. The molecule has 0 aliphatic carbocycles. The van der Waals surface area contributed by atoms with Crippen LogP contribution < -0.4 is 15.9 Å². The minimum absolute atomic E-state index is 0.00629. The maximum absolute atomic E-state index is 17.5. The molecular weight excluding hydrogens is 514 g/mol. The van der Waals surface area contributed by atoms with E-state index in [1.807, 2.05) is 13.0 Å². The van der Waals surface area contributed by atoms with Crippen molar-refractivity contribution in [3.05, 3.63) is 111 Å². The predicted molar refractivity (Wildman–Crippen MR) is 151 cm³/mol. The molecule has 0 bridgehead atoms. The first-order chi connectivity index (χ1) is 19.1. The summed E-state index contributed by atoms with van der Waals surface area (Å²) in [5.74, 6) is -1.24. The molecule has 2 N–H and O–H groups in total. The third kappa shape index (κ3) is 5.83. The van der Waals surface area contributed by atoms with Crippen LogP contribution in [0.1, 0.15) is 59.1 Å². The molecule has 0 aliphatic heterocycles. The number of halogens is 2. The van der Waals surface area contributed by atoms with Gasteiger partial charge in [-0.15, -0.1) is 0 Å². The fourth-order valence-electron chi connectivity index (χ4n) is 5.18. The van der Waals surface area contributed by atoms with Crippen molar-refractivity contribution in [3.63, 3.8) is 0 Å². The normalized spacial score (nSPS) is 13.8. The molecular formula is C32H35F2N2O4+. The molecule has 0 saturated carbocycles. The number of methoxy groups -OCH3 is 1. The Balaban J connectivity index is 1.99. The molecule has 2 atom stereocenters. The number of quaternary nitrogens is 1. The van der Waals surface area contributed by atoms with E-state index in [4.69, 9.17) is 14.9 Å². The number of rotatable bonds is 10. The summed E-state index contributed by atoms with van der Waals surface area (Å²) in [5, 5.41) is 0.175. The minimum Gasteiger partial charge on any atom is -0.497 e. The number of ether oxygens (including phenoxy) is 1. The van der Waals surface area contributed by atoms with Gasteiger partial charge in [-0.2, -0.15) is 0 Å². The van der Waals surface area contributed by atoms with Crippen LogP contribution in [0.25, 0.3) is 11.0 Å². The predicted octanol–water partition coefficient (Wildman–Crippen LogP) is 6.43. The summed E-state index contributed by atoms with van der Waals surface area (Å²) in [5.41, 5.74) is 7.42. The highest BCUT2D eigenvalue weighted by molar-refractivity contribution is 5.88. The number of hydrogen-bond acceptors (Lipinski definition) is 5. The first-order valence-corrected chi connectivity index (χ1v) is 13.4. The van der Waals surface area contributed by atoms with Gasteiger partial charge in [-0.3, -0.25) is 4.79 Å². The number of carbonyl (C=O) groups is 1. The number of nitrogens with two attached hydrogens (primary N) is 1. The summed E-state index contributed by atoms with van der Waals surface area (Å²) in [6, 6.07) is 16.3. The first kappa shape index (κ1) is 29.1. The lowest BCUT2D eigenvalue weighted by Crippen LogP contribution is -2.51. The van der Waals surface area contributed by atoms with E-state index in [-0.39, 0.29) is 53.8 Å². The highest BCUT2D eigenvalue weighted by Crippen LogP contribution is 2.41. The lowest BCUT2D eigenvalue weighted by Gasteiger charge is -2.34. The van der Waals surface area contributed by atoms with Gasteiger partial charge in [0.25, 0.3) is 0 Å². The molecule has 40 heavy (non-hydrogen) atoms. The Morgan fingerprint density at radius 1 is 1.07 bits per heavy atom. The van der Waals surface area contributed by atoms with E-state index in [1.165, 1.54) is 12.1 Å². The fourth-order valence-corrected chi connectivity index (χ4v) is 5.18. The van der Waals surface area contributed by atoms with Crippen molar-refractivity contribution in [1.29, 1.82) is 0 Å². The zero-order valence-corrected chi connectivity index (χ0v) is 23.2. The monoisotopic (exact) mass is 549 g/mol. The first-order valence-electron chi connectivity index (χ1n) is 13.4. The Bertz CT molecular complexity index is 1570. The van der Waals surface area contributed by atoms with Gasteiger partial charge in [0.05, 0.1) is 18.1 Å². The van der Waals surface area contributed by atoms with Gasteiger partial charge in [-0.05, 0) is 55.4 Å². The third-order valence-electron chi connectivity index (χ3n) is 7.16. The lowest BCUT2D eigenvalue weighted by atomic mass is 9.91. The van der Waals surface area contributed by atoms with Crippen LogP contribution in [0.3, 0.4) is 0 Å². The summed E-state index contributed by atoms with van der Waals surface area (Å²) in [6.07, 6.45) is 0.315. The molecule has 4 rings (SSSR count). The van der Waals surface area contributed by atoms with Gasteiger partial charge in [0.2, 0.25) is 0 Å². The molecule has 4 aromatic rings. The summed E-state index contributed by atoms with van der Waals surface area (Å²) in [6.45, 7) is 5.36. The number of benzene rings is 3. The van der Waals surface area contributed by atoms with Crippen molar-refractivity contribution in [1.82, 2.24) is 0 Å². The van der Waals surface area contributed by atoms with Gasteiger partial charge in [-0.25, -0.2) is 9.18 Å². The molecule has 8 heteroatoms. The van der Waals surface area contributed by atoms with Crippen molar-refractivity contribution in [3.8, 4) is 5.75 Å². The van der Waals surface area contributed by atoms with E-state index in [0.717, 1.165) is 17.2 Å². The zero-order chi connectivity index (χ0) is 29.0. The fraction of sp³-hybridized carbons (Fsp3) is 0.312. The quantitative estimate of drug-likeness (QED) is 0.231. The highest BCUT2D eigenvalue weighted by Gasteiger charge is 2.52. The molecule has 6 nitrogen and oxygen atoms in total. The van der Waals surface area contributed by atoms with Crippen LogP contribution in [0.2, 0.25) is 0 Å². The molecule has 210 valence electrons. The average molecular weight is 550 g/mol. The largest absolute Gasteiger partial charge is 0.497 e. The molecule has 0 radical (unpaired) electrons. The van der Waals surface area contributed by atoms with E-state index in [0.29, 0.717) is 5.75 Å². The van der Waals surface area contributed by atoms with Gasteiger partial charge in [0.15, 0.2) is 17.2 Å². The summed E-state index contributed by atoms with van der Waals surface area (Å²) in [4.78, 5) is 27.8. The molecule has 0 saturated heterocycles. The minimum atomic E-state index is -1.55. The van der Waals surface area contributed by atoms with E-state index in [9.17, 15) is 14.0 Å². The number of nitrogens with zero attached hydrogens (tertiary/aromatic N) is 1. The second-order valence-corrected chi connectivity index (χ2v) is 10.4. The SMILES string of the molecule is COc1cccc(Cc2c(C(C(C)C)[N+](F)(CCCN)C(=O)c3ccc(C)cc3)oc3cc(F)ccc3c2=O)c1. The second kappa shape index (κ2) is 12.1. The van der Waals surface area contributed by atoms with Crippen LogP contribution in [0.15, 0.2) is 75.9 Å². The Morgan fingerprint density at radius 3 is 2.45 bits per heavy atom. The standard InChI is InChI=1S/C32H35F2N2O4/c1-20(2)29(36(34,16-6-15-35)32(38)23-11-9-21(3)10-12-23)31-27(18-22-7-5-8-25(17-22)39-4)30(37)26-14-13-24(33)19-28(26)40-31/h5,7-14,17,19-20,29H,6,15-16,18,35H2,1-4H3/q+1. The topological polar surface area (TPSA) is 82.5 Å². The summed E-state index contributed by atoms with van der Waals surface area (Å²) in [7, 11) is 1.54. The van der Waals surface area contributed by atoms with Crippen LogP contribution in [-0.2, 0) is 6.42 Å². The Labute approximate surface area is 232 Å². The summed E-state index contributed by atoms with van der Waals surface area (Å²) < 4.78 is 41.8. The third-order valence-corrected chi connectivity index (χ3v) is 7.16. The van der Waals surface area contributed by atoms with Crippen LogP contribution >= 0.6 is 0 Å². The lowest BCUT2D eigenvalue weighted by molar-refractivity contribution is -1.02.